The molecule has 4 aromatic heterocycles. The lowest BCUT2D eigenvalue weighted by Gasteiger charge is -2.37. The minimum Gasteiger partial charge on any atom is -0.352 e. The van der Waals surface area contributed by atoms with E-state index in [-0.39, 0.29) is 11.9 Å². The second-order valence-electron chi connectivity index (χ2n) is 8.91. The average molecular weight is 478 g/mol. The fourth-order valence-corrected chi connectivity index (χ4v) is 4.60. The molecule has 10 heteroatoms. The third kappa shape index (κ3) is 3.38. The van der Waals surface area contributed by atoms with Crippen molar-refractivity contribution in [2.75, 3.05) is 18.0 Å². The molecule has 5 heterocycles. The number of rotatable bonds is 4. The number of aromatic nitrogens is 7. The first kappa shape index (κ1) is 20.7. The van der Waals surface area contributed by atoms with Crippen molar-refractivity contribution in [2.45, 2.75) is 6.04 Å². The molecule has 4 N–H and O–H groups in total. The summed E-state index contributed by atoms with van der Waals surface area (Å²) in [6, 6.07) is 14.4. The highest BCUT2D eigenvalue weighted by Crippen LogP contribution is 2.32. The molecule has 0 bridgehead atoms. The number of hydrogen-bond donors (Lipinski definition) is 3. The third-order valence-corrected chi connectivity index (χ3v) is 6.44. The van der Waals surface area contributed by atoms with Gasteiger partial charge >= 0.3 is 0 Å². The highest BCUT2D eigenvalue weighted by Gasteiger charge is 2.25. The Bertz CT molecular complexity index is 1750. The number of imidazole rings is 1. The Labute approximate surface area is 204 Å². The minimum absolute atomic E-state index is 0.170. The molecule has 1 aliphatic rings. The molecule has 1 fully saturated rings. The maximum absolute atomic E-state index is 13.9. The van der Waals surface area contributed by atoms with Crippen molar-refractivity contribution in [1.29, 1.82) is 0 Å². The first-order chi connectivity index (χ1) is 17.6. The molecule has 0 aliphatic carbocycles. The zero-order valence-electron chi connectivity index (χ0n) is 19.0. The minimum atomic E-state index is -0.289. The van der Waals surface area contributed by atoms with Gasteiger partial charge in [-0.05, 0) is 29.8 Å². The molecule has 0 radical (unpaired) electrons. The predicted octanol–water partition coefficient (Wildman–Crippen LogP) is 3.91. The molecule has 0 atom stereocenters. The number of fused-ring (bicyclic) bond motifs is 2. The zero-order valence-corrected chi connectivity index (χ0v) is 19.0. The van der Waals surface area contributed by atoms with E-state index in [9.17, 15) is 4.39 Å². The fourth-order valence-electron chi connectivity index (χ4n) is 4.60. The monoisotopic (exact) mass is 477 g/mol. The summed E-state index contributed by atoms with van der Waals surface area (Å²) in [5.74, 6) is 1.10. The van der Waals surface area contributed by atoms with Crippen LogP contribution in [-0.4, -0.2) is 54.2 Å². The van der Waals surface area contributed by atoms with Crippen molar-refractivity contribution >= 4 is 27.8 Å². The van der Waals surface area contributed by atoms with Crippen LogP contribution in [0.1, 0.15) is 0 Å². The van der Waals surface area contributed by atoms with Gasteiger partial charge in [-0.15, -0.1) is 0 Å². The first-order valence-electron chi connectivity index (χ1n) is 11.5. The van der Waals surface area contributed by atoms with E-state index in [2.05, 4.69) is 30.0 Å². The summed E-state index contributed by atoms with van der Waals surface area (Å²) in [7, 11) is 0. The largest absolute Gasteiger partial charge is 0.352 e. The van der Waals surface area contributed by atoms with Gasteiger partial charge in [0.2, 0.25) is 0 Å². The van der Waals surface area contributed by atoms with E-state index in [1.165, 1.54) is 12.1 Å². The van der Waals surface area contributed by atoms with Crippen LogP contribution in [-0.2, 0) is 0 Å². The van der Waals surface area contributed by atoms with Gasteiger partial charge in [0.1, 0.15) is 23.0 Å². The van der Waals surface area contributed by atoms with Crippen LogP contribution in [0, 0.1) is 5.82 Å². The maximum atomic E-state index is 13.9. The van der Waals surface area contributed by atoms with E-state index in [0.717, 1.165) is 52.0 Å². The topological polar surface area (TPSA) is 125 Å². The van der Waals surface area contributed by atoms with Gasteiger partial charge in [0.25, 0.3) is 0 Å². The highest BCUT2D eigenvalue weighted by molar-refractivity contribution is 5.97. The van der Waals surface area contributed by atoms with Crippen LogP contribution in [0.15, 0.2) is 67.1 Å². The SMILES string of the molecule is NC1CN(c2cncc(-c3cc4c(-c5nc6c(-c7cccc(F)c7)cccc6[nH]5)n[nH]c4cn3)n2)C1. The second kappa shape index (κ2) is 7.92. The number of benzene rings is 2. The Hall–Kier alpha value is -4.70. The Balaban J connectivity index is 1.31. The smallest absolute Gasteiger partial charge is 0.159 e. The summed E-state index contributed by atoms with van der Waals surface area (Å²) in [4.78, 5) is 24.0. The molecule has 6 aromatic rings. The van der Waals surface area contributed by atoms with Crippen LogP contribution in [0.2, 0.25) is 0 Å². The molecule has 0 unspecified atom stereocenters. The number of hydrogen-bond acceptors (Lipinski definition) is 7. The lowest BCUT2D eigenvalue weighted by atomic mass is 10.0. The van der Waals surface area contributed by atoms with E-state index in [1.807, 2.05) is 30.3 Å². The number of halogens is 1. The number of anilines is 1. The predicted molar refractivity (Wildman–Crippen MR) is 136 cm³/mol. The summed E-state index contributed by atoms with van der Waals surface area (Å²) >= 11 is 0. The maximum Gasteiger partial charge on any atom is 0.159 e. The third-order valence-electron chi connectivity index (χ3n) is 6.44. The van der Waals surface area contributed by atoms with Gasteiger partial charge < -0.3 is 15.6 Å². The van der Waals surface area contributed by atoms with Gasteiger partial charge in [-0.3, -0.25) is 15.1 Å². The molecule has 0 amide bonds. The quantitative estimate of drug-likeness (QED) is 0.351. The van der Waals surface area contributed by atoms with Crippen molar-refractivity contribution < 1.29 is 4.39 Å². The molecule has 9 nitrogen and oxygen atoms in total. The van der Waals surface area contributed by atoms with Crippen molar-refractivity contribution in [3.8, 4) is 34.0 Å². The van der Waals surface area contributed by atoms with E-state index >= 15 is 0 Å². The van der Waals surface area contributed by atoms with Crippen LogP contribution < -0.4 is 10.6 Å². The Kier molecular flexibility index (Phi) is 4.55. The van der Waals surface area contributed by atoms with E-state index in [0.29, 0.717) is 22.9 Å². The number of nitrogens with zero attached hydrogens (tertiary/aromatic N) is 6. The molecular weight excluding hydrogens is 457 g/mol. The number of H-pyrrole nitrogens is 2. The second-order valence-corrected chi connectivity index (χ2v) is 8.91. The van der Waals surface area contributed by atoms with E-state index < -0.39 is 0 Å². The van der Waals surface area contributed by atoms with Crippen LogP contribution >= 0.6 is 0 Å². The average Bonchev–Trinajstić information content (AvgIpc) is 3.50. The molecule has 176 valence electrons. The first-order valence-corrected chi connectivity index (χ1v) is 11.5. The zero-order chi connectivity index (χ0) is 24.2. The van der Waals surface area contributed by atoms with Crippen LogP contribution in [0.4, 0.5) is 10.2 Å². The molecule has 36 heavy (non-hydrogen) atoms. The molecule has 1 saturated heterocycles. The summed E-state index contributed by atoms with van der Waals surface area (Å²) in [5, 5.41) is 8.40. The van der Waals surface area contributed by atoms with Crippen molar-refractivity contribution in [3.63, 3.8) is 0 Å². The van der Waals surface area contributed by atoms with Gasteiger partial charge in [0.05, 0.1) is 40.8 Å². The lowest BCUT2D eigenvalue weighted by molar-refractivity contribution is 0.514. The van der Waals surface area contributed by atoms with Crippen LogP contribution in [0.3, 0.4) is 0 Å². The lowest BCUT2D eigenvalue weighted by Crippen LogP contribution is -2.56. The standard InChI is InChI=1S/C26H20FN9/c27-15-4-1-3-14(7-15)17-5-2-6-19-24(17)33-26(32-19)25-18-8-20(30-10-21(18)34-35-25)22-9-29-11-23(31-22)36-12-16(28)13-36/h1-11,16H,12-13,28H2,(H,32,33)(H,34,35). The molecule has 2 aromatic carbocycles. The summed E-state index contributed by atoms with van der Waals surface area (Å²) in [6.07, 6.45) is 5.17. The van der Waals surface area contributed by atoms with E-state index in [4.69, 9.17) is 15.7 Å². The van der Waals surface area contributed by atoms with Crippen molar-refractivity contribution in [2.24, 2.45) is 5.73 Å². The Morgan fingerprint density at radius 2 is 1.83 bits per heavy atom. The van der Waals surface area contributed by atoms with Gasteiger partial charge in [-0.25, -0.2) is 14.4 Å². The van der Waals surface area contributed by atoms with Gasteiger partial charge in [0.15, 0.2) is 5.82 Å². The number of nitrogens with one attached hydrogen (secondary N) is 2. The summed E-state index contributed by atoms with van der Waals surface area (Å²) < 4.78 is 13.9. The van der Waals surface area contributed by atoms with Gasteiger partial charge in [-0.1, -0.05) is 24.3 Å². The molecular formula is C26H20FN9. The van der Waals surface area contributed by atoms with E-state index in [1.54, 1.807) is 24.7 Å². The number of aromatic amines is 2. The molecule has 0 saturated carbocycles. The number of nitrogens with two attached hydrogens (primary N) is 1. The molecule has 7 rings (SSSR count). The molecule has 0 spiro atoms. The molecule has 1 aliphatic heterocycles. The summed E-state index contributed by atoms with van der Waals surface area (Å²) in [5.41, 5.74) is 11.9. The van der Waals surface area contributed by atoms with Crippen molar-refractivity contribution in [3.05, 3.63) is 72.9 Å². The van der Waals surface area contributed by atoms with Gasteiger partial charge in [-0.2, -0.15) is 5.10 Å². The highest BCUT2D eigenvalue weighted by atomic mass is 19.1. The Morgan fingerprint density at radius 1 is 0.944 bits per heavy atom. The van der Waals surface area contributed by atoms with Gasteiger partial charge in [0, 0.05) is 30.1 Å². The summed E-state index contributed by atoms with van der Waals surface area (Å²) in [6.45, 7) is 1.53. The fraction of sp³-hybridized carbons (Fsp3) is 0.115. The Morgan fingerprint density at radius 3 is 2.69 bits per heavy atom. The van der Waals surface area contributed by atoms with Crippen LogP contribution in [0.25, 0.3) is 56.0 Å². The number of pyridine rings is 1. The normalized spacial score (nSPS) is 14.0. The number of para-hydroxylation sites is 1. The van der Waals surface area contributed by atoms with Crippen LogP contribution in [0.5, 0.6) is 0 Å². The van der Waals surface area contributed by atoms with Crippen molar-refractivity contribution in [1.82, 2.24) is 35.1 Å².